The fourth-order valence-corrected chi connectivity index (χ4v) is 5.08. The summed E-state index contributed by atoms with van der Waals surface area (Å²) in [5.41, 5.74) is 0.952. The Morgan fingerprint density at radius 2 is 1.29 bits per heavy atom. The average Bonchev–Trinajstić information content (AvgIpc) is 2.93. The zero-order valence-electron chi connectivity index (χ0n) is 21.5. The molecule has 0 aromatic heterocycles. The van der Waals surface area contributed by atoms with Crippen LogP contribution in [0.15, 0.2) is 30.3 Å². The summed E-state index contributed by atoms with van der Waals surface area (Å²) in [6, 6.07) is 9.19. The highest BCUT2D eigenvalue weighted by molar-refractivity contribution is 6.00. The lowest BCUT2D eigenvalue weighted by Gasteiger charge is -2.39. The maximum Gasteiger partial charge on any atom is 0.410 e. The summed E-state index contributed by atoms with van der Waals surface area (Å²) >= 11 is 0. The molecule has 1 aromatic carbocycles. The van der Waals surface area contributed by atoms with Gasteiger partial charge in [-0.05, 0) is 18.4 Å². The summed E-state index contributed by atoms with van der Waals surface area (Å²) in [5.74, 6) is -0.699. The van der Waals surface area contributed by atoms with Crippen LogP contribution in [0.1, 0.15) is 31.2 Å². The van der Waals surface area contributed by atoms with E-state index in [1.165, 1.54) is 0 Å². The van der Waals surface area contributed by atoms with Gasteiger partial charge < -0.3 is 15.0 Å². The van der Waals surface area contributed by atoms with E-state index >= 15 is 0 Å². The summed E-state index contributed by atoms with van der Waals surface area (Å²) in [6.07, 6.45) is 1.73. The monoisotopic (exact) mass is 528 g/mol. The lowest BCUT2D eigenvalue weighted by atomic mass is 10.0. The summed E-state index contributed by atoms with van der Waals surface area (Å²) < 4.78 is 5.33. The third-order valence-electron chi connectivity index (χ3n) is 7.23. The summed E-state index contributed by atoms with van der Waals surface area (Å²) in [6.45, 7) is 6.15. The number of hydrogen-bond donors (Lipinski definition) is 3. The van der Waals surface area contributed by atoms with Gasteiger partial charge in [-0.25, -0.2) is 4.79 Å². The van der Waals surface area contributed by atoms with Gasteiger partial charge in [0.05, 0.1) is 12.1 Å². The molecular weight excluding hydrogens is 492 g/mol. The van der Waals surface area contributed by atoms with Gasteiger partial charge in [0.15, 0.2) is 0 Å². The highest BCUT2D eigenvalue weighted by Crippen LogP contribution is 2.16. The Morgan fingerprint density at radius 1 is 0.763 bits per heavy atom. The van der Waals surface area contributed by atoms with Gasteiger partial charge >= 0.3 is 6.09 Å². The predicted molar refractivity (Wildman–Crippen MR) is 137 cm³/mol. The Hall–Kier alpha value is -3.35. The zero-order valence-corrected chi connectivity index (χ0v) is 21.5. The molecule has 12 nitrogen and oxygen atoms in total. The maximum absolute atomic E-state index is 12.1. The van der Waals surface area contributed by atoms with Crippen LogP contribution in [0.2, 0.25) is 0 Å². The number of piperazine rings is 2. The second-order valence-corrected chi connectivity index (χ2v) is 9.78. The van der Waals surface area contributed by atoms with Gasteiger partial charge in [0.2, 0.25) is 23.6 Å². The van der Waals surface area contributed by atoms with E-state index in [0.29, 0.717) is 51.9 Å². The van der Waals surface area contributed by atoms with Gasteiger partial charge in [-0.1, -0.05) is 30.3 Å². The van der Waals surface area contributed by atoms with Gasteiger partial charge in [0, 0.05) is 65.2 Å². The van der Waals surface area contributed by atoms with Crippen LogP contribution in [0.4, 0.5) is 4.79 Å². The molecule has 1 aromatic rings. The third kappa shape index (κ3) is 7.59. The fraction of sp³-hybridized carbons (Fsp3) is 0.577. The molecule has 2 atom stereocenters. The number of carbonyl (C=O) groups is 5. The van der Waals surface area contributed by atoms with Crippen molar-refractivity contribution in [1.29, 1.82) is 0 Å². The van der Waals surface area contributed by atoms with Crippen LogP contribution in [0, 0.1) is 0 Å². The Balaban J connectivity index is 0.000000204. The minimum absolute atomic E-state index is 0.0881. The molecule has 2 unspecified atom stereocenters. The standard InChI is InChI=1S/C17H21N3O4.C9H15N3O2/c21-15-7-6-14(16(22)18-15)19-8-10-20(11-9-19)17(23)24-12-13-4-2-1-3-5-13;13-8-2-1-7(9(14)11-8)12-5-3-10-4-6-12/h1-5,14H,6-12H2,(H,18,21,22);7,10H,1-6H2,(H,11,13,14). The molecule has 12 heteroatoms. The van der Waals surface area contributed by atoms with Crippen LogP contribution >= 0.6 is 0 Å². The normalized spacial score (nSPS) is 25.1. The minimum Gasteiger partial charge on any atom is -0.445 e. The minimum atomic E-state index is -0.332. The first-order valence-electron chi connectivity index (χ1n) is 13.2. The Bertz CT molecular complexity index is 1010. The van der Waals surface area contributed by atoms with E-state index in [4.69, 9.17) is 4.74 Å². The van der Waals surface area contributed by atoms with Crippen LogP contribution in [-0.4, -0.2) is 109 Å². The Kier molecular flexibility index (Phi) is 9.79. The second kappa shape index (κ2) is 13.4. The van der Waals surface area contributed by atoms with E-state index in [9.17, 15) is 24.0 Å². The predicted octanol–water partition coefficient (Wildman–Crippen LogP) is -0.557. The molecular formula is C26H36N6O6. The van der Waals surface area contributed by atoms with E-state index in [-0.39, 0.29) is 48.4 Å². The van der Waals surface area contributed by atoms with Crippen molar-refractivity contribution in [2.75, 3.05) is 52.4 Å². The molecule has 0 saturated carbocycles. The molecule has 206 valence electrons. The van der Waals surface area contributed by atoms with E-state index in [2.05, 4.69) is 20.9 Å². The SMILES string of the molecule is O=C1CCC(N2CCN(C(=O)OCc3ccccc3)CC2)C(=O)N1.O=C1CCC(N2CCNCC2)C(=O)N1. The van der Waals surface area contributed by atoms with Crippen molar-refractivity contribution in [2.24, 2.45) is 0 Å². The van der Waals surface area contributed by atoms with Crippen molar-refractivity contribution in [3.8, 4) is 0 Å². The van der Waals surface area contributed by atoms with Crippen LogP contribution in [-0.2, 0) is 30.5 Å². The highest BCUT2D eigenvalue weighted by Gasteiger charge is 2.34. The number of carbonyl (C=O) groups excluding carboxylic acids is 5. The van der Waals surface area contributed by atoms with Crippen LogP contribution in [0.3, 0.4) is 0 Å². The summed E-state index contributed by atoms with van der Waals surface area (Å²) in [5, 5.41) is 8.00. The quantitative estimate of drug-likeness (QED) is 0.439. The van der Waals surface area contributed by atoms with Crippen molar-refractivity contribution in [2.45, 2.75) is 44.4 Å². The second-order valence-electron chi connectivity index (χ2n) is 9.78. The van der Waals surface area contributed by atoms with Gasteiger partial charge in [-0.3, -0.25) is 39.6 Å². The van der Waals surface area contributed by atoms with Crippen molar-refractivity contribution >= 4 is 29.7 Å². The number of benzene rings is 1. The van der Waals surface area contributed by atoms with Crippen molar-refractivity contribution in [1.82, 2.24) is 30.7 Å². The molecule has 0 aliphatic carbocycles. The first kappa shape index (κ1) is 27.7. The third-order valence-corrected chi connectivity index (χ3v) is 7.23. The molecule has 4 fully saturated rings. The van der Waals surface area contributed by atoms with Crippen LogP contribution in [0.5, 0.6) is 0 Å². The molecule has 38 heavy (non-hydrogen) atoms. The molecule has 0 bridgehead atoms. The summed E-state index contributed by atoms with van der Waals surface area (Å²) in [4.78, 5) is 63.5. The molecule has 4 saturated heterocycles. The number of imide groups is 2. The molecule has 4 aliphatic rings. The first-order valence-corrected chi connectivity index (χ1v) is 13.2. The Morgan fingerprint density at radius 3 is 1.82 bits per heavy atom. The number of piperidine rings is 2. The molecule has 0 spiro atoms. The number of nitrogens with one attached hydrogen (secondary N) is 3. The van der Waals surface area contributed by atoms with Crippen molar-refractivity contribution < 1.29 is 28.7 Å². The Labute approximate surface area is 222 Å². The zero-order chi connectivity index (χ0) is 26.9. The molecule has 5 rings (SSSR count). The lowest BCUT2D eigenvalue weighted by molar-refractivity contribution is -0.139. The highest BCUT2D eigenvalue weighted by atomic mass is 16.6. The number of hydrogen-bond acceptors (Lipinski definition) is 9. The van der Waals surface area contributed by atoms with Crippen LogP contribution < -0.4 is 16.0 Å². The summed E-state index contributed by atoms with van der Waals surface area (Å²) in [7, 11) is 0. The topological polar surface area (TPSA) is 140 Å². The van der Waals surface area contributed by atoms with E-state index < -0.39 is 0 Å². The molecule has 5 amide bonds. The number of nitrogens with zero attached hydrogens (tertiary/aromatic N) is 3. The average molecular weight is 529 g/mol. The van der Waals surface area contributed by atoms with Gasteiger partial charge in [-0.2, -0.15) is 0 Å². The van der Waals surface area contributed by atoms with Gasteiger partial charge in [-0.15, -0.1) is 0 Å². The van der Waals surface area contributed by atoms with E-state index in [1.807, 2.05) is 35.2 Å². The molecule has 0 radical (unpaired) electrons. The smallest absolute Gasteiger partial charge is 0.410 e. The van der Waals surface area contributed by atoms with Gasteiger partial charge in [0.25, 0.3) is 0 Å². The molecule has 4 aliphatic heterocycles. The maximum atomic E-state index is 12.1. The van der Waals surface area contributed by atoms with Crippen molar-refractivity contribution in [3.05, 3.63) is 35.9 Å². The molecule has 3 N–H and O–H groups in total. The van der Waals surface area contributed by atoms with Gasteiger partial charge in [0.1, 0.15) is 6.61 Å². The first-order chi connectivity index (χ1) is 18.4. The van der Waals surface area contributed by atoms with E-state index in [1.54, 1.807) is 4.90 Å². The number of ether oxygens (including phenoxy) is 1. The van der Waals surface area contributed by atoms with E-state index in [0.717, 1.165) is 31.7 Å². The fourth-order valence-electron chi connectivity index (χ4n) is 5.08. The van der Waals surface area contributed by atoms with Crippen molar-refractivity contribution in [3.63, 3.8) is 0 Å². The largest absolute Gasteiger partial charge is 0.445 e. The van der Waals surface area contributed by atoms with Crippen LogP contribution in [0.25, 0.3) is 0 Å². The molecule has 4 heterocycles. The lowest BCUT2D eigenvalue weighted by Crippen LogP contribution is -2.58. The number of rotatable bonds is 4. The number of amides is 5.